The Hall–Kier alpha value is -9.96. The number of nitrogens with zero attached hydrogens (tertiary/aromatic N) is 2. The molecule has 0 saturated heterocycles. The third kappa shape index (κ3) is 9.89. The van der Waals surface area contributed by atoms with Crippen LogP contribution in [-0.4, -0.2) is 6.71 Å². The predicted molar refractivity (Wildman–Crippen MR) is 392 cm³/mol. The molecule has 0 N–H and O–H groups in total. The first-order valence-electron chi connectivity index (χ1n) is 32.5. The van der Waals surface area contributed by atoms with E-state index in [9.17, 15) is 0 Å². The van der Waals surface area contributed by atoms with Crippen molar-refractivity contribution in [1.29, 1.82) is 0 Å². The lowest BCUT2D eigenvalue weighted by atomic mass is 9.33. The lowest BCUT2D eigenvalue weighted by Gasteiger charge is -2.45. The fourth-order valence-corrected chi connectivity index (χ4v) is 14.8. The van der Waals surface area contributed by atoms with Crippen LogP contribution in [0, 0.1) is 0 Å². The predicted octanol–water partition coefficient (Wildman–Crippen LogP) is 22.0. The van der Waals surface area contributed by atoms with Gasteiger partial charge in [0.2, 0.25) is 0 Å². The molecule has 442 valence electrons. The van der Waals surface area contributed by atoms with Crippen LogP contribution in [0.4, 0.5) is 34.1 Å². The zero-order valence-corrected chi connectivity index (χ0v) is 54.1. The number of rotatable bonds is 10. The minimum absolute atomic E-state index is 0.0887. The zero-order valence-electron chi connectivity index (χ0n) is 54.1. The Morgan fingerprint density at radius 3 is 0.967 bits per heavy atom. The summed E-state index contributed by atoms with van der Waals surface area (Å²) in [6.07, 6.45) is 0. The van der Waals surface area contributed by atoms with E-state index in [4.69, 9.17) is 0 Å². The van der Waals surface area contributed by atoms with Gasteiger partial charge < -0.3 is 9.80 Å². The largest absolute Gasteiger partial charge is 0.311 e. The van der Waals surface area contributed by atoms with Crippen LogP contribution in [0.25, 0.3) is 66.1 Å². The van der Waals surface area contributed by atoms with E-state index in [-0.39, 0.29) is 28.4 Å². The van der Waals surface area contributed by atoms with Crippen LogP contribution in [0.1, 0.15) is 103 Å². The Kier molecular flexibility index (Phi) is 13.8. The first-order valence-corrected chi connectivity index (χ1v) is 32.5. The number of hydrogen-bond donors (Lipinski definition) is 0. The summed E-state index contributed by atoms with van der Waals surface area (Å²) in [6.45, 7) is 23.5. The van der Waals surface area contributed by atoms with Crippen molar-refractivity contribution < 1.29 is 0 Å². The van der Waals surface area contributed by atoms with Crippen molar-refractivity contribution in [1.82, 2.24) is 0 Å². The summed E-state index contributed by atoms with van der Waals surface area (Å²) in [5.41, 5.74) is 27.4. The molecule has 0 spiro atoms. The smallest absolute Gasteiger partial charge is 0.252 e. The zero-order chi connectivity index (χ0) is 62.6. The molecule has 0 amide bonds. The minimum atomic E-state index is -0.292. The summed E-state index contributed by atoms with van der Waals surface area (Å²) in [7, 11) is 0. The molecule has 13 aromatic carbocycles. The SMILES string of the molecule is CC(C)(C)c1cc(-c2cc(-c3cc4c5c(c3)N(c3ccccc3)c3cc(C(C)(C)c6ccccc6)ccc3B5c3ccc(C(C)(C)c5ccccc5)cc3N4c3ccccc3)cc(-c3c4ccccc4c(-c4ccccc4)c4ccccc34)c2)cc(C(C)(C)C)c1. The molecule has 0 aliphatic carbocycles. The second-order valence-electron chi connectivity index (χ2n) is 28.5. The molecule has 0 saturated carbocycles. The molecule has 0 atom stereocenters. The molecule has 0 radical (unpaired) electrons. The van der Waals surface area contributed by atoms with Crippen molar-refractivity contribution in [2.24, 2.45) is 0 Å². The Morgan fingerprint density at radius 2 is 0.571 bits per heavy atom. The minimum Gasteiger partial charge on any atom is -0.311 e. The maximum absolute atomic E-state index is 2.59. The molecule has 2 aliphatic rings. The lowest BCUT2D eigenvalue weighted by molar-refractivity contribution is 0.569. The Bertz CT molecular complexity index is 4680. The van der Waals surface area contributed by atoms with Crippen LogP contribution in [-0.2, 0) is 21.7 Å². The van der Waals surface area contributed by atoms with Crippen LogP contribution in [0.2, 0.25) is 0 Å². The number of anilines is 6. The number of benzene rings is 13. The standard InChI is InChI=1S/C88H77BN2/c1-85(2,3)68-51-61(52-69(55-68)86(4,5)6)59-48-60(50-63(49-59)83-74-42-28-26-40-72(74)82(58-30-16-11-17-31-58)73-41-27-29-43-75(73)83)62-53-80-84-81(54-62)91(71-38-24-15-25-39-71)79-57-67(88(9,10)65-34-20-13-21-35-65)45-47-77(79)89(84)76-46-44-66(87(7,8)64-32-18-12-19-33-64)56-78(76)90(80)70-36-22-14-23-37-70/h11-57H,1-10H3. The Balaban J connectivity index is 1.07. The van der Waals surface area contributed by atoms with Crippen molar-refractivity contribution in [3.05, 3.63) is 318 Å². The van der Waals surface area contributed by atoms with E-state index in [0.717, 1.165) is 22.5 Å². The lowest BCUT2D eigenvalue weighted by Crippen LogP contribution is -2.61. The molecule has 0 aromatic heterocycles. The summed E-state index contributed by atoms with van der Waals surface area (Å²) in [5, 5.41) is 4.93. The third-order valence-corrected chi connectivity index (χ3v) is 20.1. The van der Waals surface area contributed by atoms with Crippen LogP contribution in [0.15, 0.2) is 285 Å². The fourth-order valence-electron chi connectivity index (χ4n) is 14.8. The van der Waals surface area contributed by atoms with Crippen molar-refractivity contribution in [3.63, 3.8) is 0 Å². The van der Waals surface area contributed by atoms with Gasteiger partial charge in [-0.2, -0.15) is 0 Å². The highest BCUT2D eigenvalue weighted by Crippen LogP contribution is 2.51. The molecule has 0 fully saturated rings. The molecule has 3 heteroatoms. The van der Waals surface area contributed by atoms with Crippen molar-refractivity contribution in [2.45, 2.75) is 90.9 Å². The van der Waals surface area contributed by atoms with Gasteiger partial charge in [0.15, 0.2) is 0 Å². The average Bonchev–Trinajstić information content (AvgIpc) is 0.710. The molecule has 15 rings (SSSR count). The molecule has 91 heavy (non-hydrogen) atoms. The summed E-state index contributed by atoms with van der Waals surface area (Å²) in [5.74, 6) is 0. The topological polar surface area (TPSA) is 6.48 Å². The van der Waals surface area contributed by atoms with Crippen LogP contribution >= 0.6 is 0 Å². The van der Waals surface area contributed by atoms with Gasteiger partial charge in [-0.15, -0.1) is 0 Å². The van der Waals surface area contributed by atoms with Gasteiger partial charge in [-0.05, 0) is 193 Å². The van der Waals surface area contributed by atoms with E-state index in [0.29, 0.717) is 0 Å². The monoisotopic (exact) mass is 1170 g/mol. The van der Waals surface area contributed by atoms with Crippen molar-refractivity contribution >= 4 is 78.8 Å². The molecule has 0 bridgehead atoms. The maximum Gasteiger partial charge on any atom is 0.252 e. The fraction of sp³-hybridized carbons (Fsp3) is 0.159. The molecular formula is C88H77BN2. The van der Waals surface area contributed by atoms with Gasteiger partial charge in [0.25, 0.3) is 6.71 Å². The third-order valence-electron chi connectivity index (χ3n) is 20.1. The molecular weight excluding hydrogens is 1100 g/mol. The van der Waals surface area contributed by atoms with E-state index in [2.05, 4.69) is 364 Å². The number of fused-ring (bicyclic) bond motifs is 6. The van der Waals surface area contributed by atoms with E-state index in [1.165, 1.54) is 127 Å². The molecule has 13 aromatic rings. The molecule has 2 nitrogen and oxygen atoms in total. The quantitative estimate of drug-likeness (QED) is 0.0995. The summed E-state index contributed by atoms with van der Waals surface area (Å²) < 4.78 is 0. The van der Waals surface area contributed by atoms with Gasteiger partial charge >= 0.3 is 0 Å². The van der Waals surface area contributed by atoms with Crippen molar-refractivity contribution in [3.8, 4) is 44.5 Å². The van der Waals surface area contributed by atoms with E-state index in [1.54, 1.807) is 0 Å². The summed E-state index contributed by atoms with van der Waals surface area (Å²) in [6, 6.07) is 108. The highest BCUT2D eigenvalue weighted by atomic mass is 15.2. The molecule has 2 heterocycles. The van der Waals surface area contributed by atoms with E-state index in [1.807, 2.05) is 0 Å². The highest BCUT2D eigenvalue weighted by molar-refractivity contribution is 7.00. The second-order valence-corrected chi connectivity index (χ2v) is 28.5. The maximum atomic E-state index is 2.59. The first kappa shape index (κ1) is 57.5. The molecule has 2 aliphatic heterocycles. The Morgan fingerprint density at radius 1 is 0.242 bits per heavy atom. The van der Waals surface area contributed by atoms with Crippen LogP contribution in [0.3, 0.4) is 0 Å². The second kappa shape index (κ2) is 21.9. The average molecular weight is 1170 g/mol. The van der Waals surface area contributed by atoms with Gasteiger partial charge in [0.05, 0.1) is 0 Å². The van der Waals surface area contributed by atoms with Gasteiger partial charge in [-0.25, -0.2) is 0 Å². The summed E-state index contributed by atoms with van der Waals surface area (Å²) in [4.78, 5) is 5.19. The van der Waals surface area contributed by atoms with Crippen molar-refractivity contribution in [2.75, 3.05) is 9.80 Å². The van der Waals surface area contributed by atoms with Crippen LogP contribution < -0.4 is 26.2 Å². The summed E-state index contributed by atoms with van der Waals surface area (Å²) >= 11 is 0. The van der Waals surface area contributed by atoms with E-state index >= 15 is 0 Å². The first-order chi connectivity index (χ1) is 43.9. The normalized spacial score (nSPS) is 13.1. The highest BCUT2D eigenvalue weighted by Gasteiger charge is 2.45. The van der Waals surface area contributed by atoms with E-state index < -0.39 is 0 Å². The van der Waals surface area contributed by atoms with Gasteiger partial charge in [0.1, 0.15) is 0 Å². The van der Waals surface area contributed by atoms with Gasteiger partial charge in [0, 0.05) is 45.0 Å². The number of para-hydroxylation sites is 2. The number of hydrogen-bond acceptors (Lipinski definition) is 2. The van der Waals surface area contributed by atoms with Gasteiger partial charge in [-0.3, -0.25) is 0 Å². The Labute approximate surface area is 539 Å². The van der Waals surface area contributed by atoms with Gasteiger partial charge in [-0.1, -0.05) is 288 Å². The van der Waals surface area contributed by atoms with Crippen LogP contribution in [0.5, 0.6) is 0 Å². The molecule has 0 unspecified atom stereocenters.